The van der Waals surface area contributed by atoms with Crippen molar-refractivity contribution in [1.82, 2.24) is 0 Å². The van der Waals surface area contributed by atoms with Gasteiger partial charge < -0.3 is 9.32 Å². The lowest BCUT2D eigenvalue weighted by Gasteiger charge is -2.26. The van der Waals surface area contributed by atoms with Crippen molar-refractivity contribution in [2.45, 2.75) is 19.8 Å². The van der Waals surface area contributed by atoms with Gasteiger partial charge in [-0.2, -0.15) is 0 Å². The SMILES string of the molecule is C\C=C/C(=C\C=C\c1cccc2c1C=CCC2)N(c1ccc(-c2cc3ccccc3c3ccccc23)cc1)c1ccc2c(c1)oc1ccccc12. The van der Waals surface area contributed by atoms with Crippen LogP contribution in [-0.2, 0) is 6.42 Å². The molecule has 9 rings (SSSR count). The van der Waals surface area contributed by atoms with Crippen LogP contribution in [0.15, 0.2) is 180 Å². The van der Waals surface area contributed by atoms with E-state index in [0.717, 1.165) is 51.9 Å². The average molecular weight is 656 g/mol. The van der Waals surface area contributed by atoms with Crippen LogP contribution in [0.1, 0.15) is 30.0 Å². The standard InChI is InChI=1S/C49H37NO/c1-2-13-38(19-12-18-35-17-11-16-34-14-3-5-20-41(34)35)50(40-30-31-46-45-24-9-10-25-48(45)51-49(46)33-40)39-28-26-36(27-29-39)47-32-37-15-4-6-21-42(37)43-22-7-8-23-44(43)47/h2,4-13,15-33H,3,14H2,1H3/b13-2-,18-12+,38-19+. The van der Waals surface area contributed by atoms with Gasteiger partial charge in [-0.05, 0) is 118 Å². The third-order valence-corrected chi connectivity index (χ3v) is 10.1. The Labute approximate surface area is 298 Å². The number of hydrogen-bond acceptors (Lipinski definition) is 2. The van der Waals surface area contributed by atoms with Crippen molar-refractivity contribution in [2.24, 2.45) is 0 Å². The molecule has 2 heteroatoms. The molecular weight excluding hydrogens is 619 g/mol. The number of nitrogens with zero attached hydrogens (tertiary/aromatic N) is 1. The number of allylic oxidation sites excluding steroid dienone is 5. The second-order valence-electron chi connectivity index (χ2n) is 13.2. The molecular formula is C49H37NO. The van der Waals surface area contributed by atoms with E-state index in [0.29, 0.717) is 0 Å². The van der Waals surface area contributed by atoms with Crippen molar-refractivity contribution in [3.8, 4) is 11.1 Å². The Morgan fingerprint density at radius 3 is 2.25 bits per heavy atom. The zero-order chi connectivity index (χ0) is 34.1. The van der Waals surface area contributed by atoms with E-state index in [9.17, 15) is 0 Å². The van der Waals surface area contributed by atoms with E-state index in [4.69, 9.17) is 4.42 Å². The smallest absolute Gasteiger partial charge is 0.137 e. The summed E-state index contributed by atoms with van der Waals surface area (Å²) in [5, 5.41) is 7.30. The largest absolute Gasteiger partial charge is 0.456 e. The predicted molar refractivity (Wildman–Crippen MR) is 218 cm³/mol. The molecule has 0 aliphatic heterocycles. The molecule has 7 aromatic carbocycles. The Bertz CT molecular complexity index is 2700. The van der Waals surface area contributed by atoms with Crippen LogP contribution in [0, 0.1) is 0 Å². The molecule has 1 aliphatic rings. The number of anilines is 2. The molecule has 8 aromatic rings. The van der Waals surface area contributed by atoms with Crippen molar-refractivity contribution in [3.05, 3.63) is 192 Å². The molecule has 0 bridgehead atoms. The van der Waals surface area contributed by atoms with Gasteiger partial charge in [-0.15, -0.1) is 0 Å². The summed E-state index contributed by atoms with van der Waals surface area (Å²) in [5.74, 6) is 0. The summed E-state index contributed by atoms with van der Waals surface area (Å²) in [7, 11) is 0. The molecule has 0 fully saturated rings. The van der Waals surface area contributed by atoms with E-state index >= 15 is 0 Å². The summed E-state index contributed by atoms with van der Waals surface area (Å²) in [6.45, 7) is 2.07. The Morgan fingerprint density at radius 1 is 0.647 bits per heavy atom. The van der Waals surface area contributed by atoms with Crippen molar-refractivity contribution in [1.29, 1.82) is 0 Å². The minimum absolute atomic E-state index is 0.871. The van der Waals surface area contributed by atoms with Gasteiger partial charge in [0.2, 0.25) is 0 Å². The molecule has 2 nitrogen and oxygen atoms in total. The van der Waals surface area contributed by atoms with Gasteiger partial charge in [0, 0.05) is 33.9 Å². The maximum atomic E-state index is 6.38. The minimum Gasteiger partial charge on any atom is -0.456 e. The lowest BCUT2D eigenvalue weighted by atomic mass is 9.93. The van der Waals surface area contributed by atoms with Crippen molar-refractivity contribution in [3.63, 3.8) is 0 Å². The zero-order valence-electron chi connectivity index (χ0n) is 28.6. The van der Waals surface area contributed by atoms with Gasteiger partial charge in [-0.25, -0.2) is 0 Å². The molecule has 1 aliphatic carbocycles. The number of aryl methyl sites for hydroxylation is 1. The van der Waals surface area contributed by atoms with E-state index in [1.807, 2.05) is 12.1 Å². The Hall–Kier alpha value is -6.38. The van der Waals surface area contributed by atoms with Crippen LogP contribution in [0.5, 0.6) is 0 Å². The van der Waals surface area contributed by atoms with Gasteiger partial charge in [0.1, 0.15) is 11.2 Å². The number of hydrogen-bond donors (Lipinski definition) is 0. The third-order valence-electron chi connectivity index (χ3n) is 10.1. The first-order chi connectivity index (χ1) is 25.2. The van der Waals surface area contributed by atoms with Crippen LogP contribution >= 0.6 is 0 Å². The van der Waals surface area contributed by atoms with Crippen LogP contribution in [0.25, 0.3) is 66.8 Å². The number of para-hydroxylation sites is 1. The molecule has 51 heavy (non-hydrogen) atoms. The van der Waals surface area contributed by atoms with Gasteiger partial charge in [-0.3, -0.25) is 0 Å². The first-order valence-electron chi connectivity index (χ1n) is 17.8. The summed E-state index contributed by atoms with van der Waals surface area (Å²) in [4.78, 5) is 2.32. The number of furan rings is 1. The maximum Gasteiger partial charge on any atom is 0.137 e. The molecule has 0 N–H and O–H groups in total. The van der Waals surface area contributed by atoms with Crippen LogP contribution in [0.4, 0.5) is 11.4 Å². The van der Waals surface area contributed by atoms with Crippen LogP contribution in [0.3, 0.4) is 0 Å². The first-order valence-corrected chi connectivity index (χ1v) is 17.8. The minimum atomic E-state index is 0.871. The maximum absolute atomic E-state index is 6.38. The fraction of sp³-hybridized carbons (Fsp3) is 0.0612. The van der Waals surface area contributed by atoms with E-state index in [1.165, 1.54) is 49.4 Å². The highest BCUT2D eigenvalue weighted by molar-refractivity contribution is 6.13. The van der Waals surface area contributed by atoms with E-state index in [1.54, 1.807) is 0 Å². The lowest BCUT2D eigenvalue weighted by Crippen LogP contribution is -2.15. The Kier molecular flexibility index (Phi) is 7.91. The fourth-order valence-corrected chi connectivity index (χ4v) is 7.65. The molecule has 0 amide bonds. The van der Waals surface area contributed by atoms with Gasteiger partial charge in [0.25, 0.3) is 0 Å². The summed E-state index contributed by atoms with van der Waals surface area (Å²) >= 11 is 0. The van der Waals surface area contributed by atoms with E-state index in [2.05, 4.69) is 182 Å². The quantitative estimate of drug-likeness (QED) is 0.125. The van der Waals surface area contributed by atoms with E-state index < -0.39 is 0 Å². The van der Waals surface area contributed by atoms with E-state index in [-0.39, 0.29) is 0 Å². The number of fused-ring (bicyclic) bond motifs is 7. The predicted octanol–water partition coefficient (Wildman–Crippen LogP) is 13.8. The highest BCUT2D eigenvalue weighted by Gasteiger charge is 2.17. The molecule has 0 unspecified atom stereocenters. The molecule has 0 radical (unpaired) electrons. The van der Waals surface area contributed by atoms with Crippen molar-refractivity contribution in [2.75, 3.05) is 4.90 Å². The summed E-state index contributed by atoms with van der Waals surface area (Å²) in [6, 6.07) is 50.1. The molecule has 244 valence electrons. The third kappa shape index (κ3) is 5.65. The number of benzene rings is 7. The molecule has 1 aromatic heterocycles. The van der Waals surface area contributed by atoms with Crippen LogP contribution in [-0.4, -0.2) is 0 Å². The first kappa shape index (κ1) is 30.7. The molecule has 0 spiro atoms. The highest BCUT2D eigenvalue weighted by Crippen LogP contribution is 2.39. The van der Waals surface area contributed by atoms with Gasteiger partial charge in [-0.1, -0.05) is 127 Å². The van der Waals surface area contributed by atoms with Crippen LogP contribution < -0.4 is 4.90 Å². The number of rotatable bonds is 7. The summed E-state index contributed by atoms with van der Waals surface area (Å²) in [6.07, 6.45) is 17.6. The lowest BCUT2D eigenvalue weighted by molar-refractivity contribution is 0.669. The monoisotopic (exact) mass is 655 g/mol. The second-order valence-corrected chi connectivity index (χ2v) is 13.2. The van der Waals surface area contributed by atoms with Gasteiger partial charge in [0.15, 0.2) is 0 Å². The van der Waals surface area contributed by atoms with Crippen molar-refractivity contribution >= 4 is 67.0 Å². The summed E-state index contributed by atoms with van der Waals surface area (Å²) < 4.78 is 6.38. The Balaban J connectivity index is 1.17. The summed E-state index contributed by atoms with van der Waals surface area (Å²) in [5.41, 5.74) is 11.3. The van der Waals surface area contributed by atoms with Crippen molar-refractivity contribution < 1.29 is 4.42 Å². The molecule has 1 heterocycles. The van der Waals surface area contributed by atoms with Gasteiger partial charge >= 0.3 is 0 Å². The fourth-order valence-electron chi connectivity index (χ4n) is 7.65. The van der Waals surface area contributed by atoms with Gasteiger partial charge in [0.05, 0.1) is 0 Å². The molecule has 0 saturated heterocycles. The Morgan fingerprint density at radius 2 is 1.39 bits per heavy atom. The van der Waals surface area contributed by atoms with Crippen LogP contribution in [0.2, 0.25) is 0 Å². The second kappa shape index (κ2) is 13.2. The topological polar surface area (TPSA) is 16.4 Å². The zero-order valence-corrected chi connectivity index (χ0v) is 28.6. The normalized spacial score (nSPS) is 13.3. The highest BCUT2D eigenvalue weighted by atomic mass is 16.3. The molecule has 0 atom stereocenters. The average Bonchev–Trinajstić information content (AvgIpc) is 3.56. The molecule has 0 saturated carbocycles.